The van der Waals surface area contributed by atoms with Crippen LogP contribution in [0.25, 0.3) is 16.8 Å². The van der Waals surface area contributed by atoms with Gasteiger partial charge in [0.05, 0.1) is 23.1 Å². The van der Waals surface area contributed by atoms with Crippen LogP contribution in [0.3, 0.4) is 0 Å². The Morgan fingerprint density at radius 2 is 1.97 bits per heavy atom. The summed E-state index contributed by atoms with van der Waals surface area (Å²) in [6.45, 7) is 2.32. The molecule has 0 saturated heterocycles. The van der Waals surface area contributed by atoms with Gasteiger partial charge in [0.1, 0.15) is 0 Å². The minimum absolute atomic E-state index is 0.150. The molecule has 0 aliphatic rings. The lowest BCUT2D eigenvalue weighted by molar-refractivity contribution is 0.0827. The predicted octanol–water partition coefficient (Wildman–Crippen LogP) is 2.35. The van der Waals surface area contributed by atoms with Crippen molar-refractivity contribution in [2.45, 2.75) is 6.92 Å². The SMILES string of the molecule is CCNC(=O)NC(=NC)Nc1ccc(-c2cccnc2)cc1-n1cc(C(=O)N(C)C)cn1. The Morgan fingerprint density at radius 3 is 2.62 bits per heavy atom. The van der Waals surface area contributed by atoms with Gasteiger partial charge in [0, 0.05) is 51.8 Å². The van der Waals surface area contributed by atoms with Gasteiger partial charge in [0.25, 0.3) is 5.91 Å². The number of nitrogens with zero attached hydrogens (tertiary/aromatic N) is 5. The quantitative estimate of drug-likeness (QED) is 0.421. The zero-order valence-corrected chi connectivity index (χ0v) is 18.5. The number of aliphatic imine (C=N–C) groups is 1. The maximum Gasteiger partial charge on any atom is 0.321 e. The summed E-state index contributed by atoms with van der Waals surface area (Å²) < 4.78 is 1.61. The van der Waals surface area contributed by atoms with Crippen LogP contribution < -0.4 is 16.0 Å². The van der Waals surface area contributed by atoms with Gasteiger partial charge >= 0.3 is 6.03 Å². The molecule has 1 aromatic carbocycles. The largest absolute Gasteiger partial charge is 0.345 e. The summed E-state index contributed by atoms with van der Waals surface area (Å²) in [6.07, 6.45) is 6.66. The Kier molecular flexibility index (Phi) is 7.17. The standard InChI is InChI=1S/C22H26N8O2/c1-5-25-22(32)28-21(23-2)27-18-9-8-15(16-7-6-10-24-12-16)11-19(18)30-14-17(13-26-30)20(31)29(3)4/h6-14H,5H2,1-4H3,(H3,23,25,27,28,32). The number of carbonyl (C=O) groups excluding carboxylic acids is 2. The zero-order chi connectivity index (χ0) is 23.1. The van der Waals surface area contributed by atoms with Gasteiger partial charge in [0.15, 0.2) is 0 Å². The highest BCUT2D eigenvalue weighted by Gasteiger charge is 2.15. The first kappa shape index (κ1) is 22.5. The van der Waals surface area contributed by atoms with E-state index in [-0.39, 0.29) is 17.9 Å². The van der Waals surface area contributed by atoms with Gasteiger partial charge in [-0.25, -0.2) is 9.48 Å². The fraction of sp³-hybridized carbons (Fsp3) is 0.227. The molecule has 3 rings (SSSR count). The van der Waals surface area contributed by atoms with Crippen molar-refractivity contribution in [2.24, 2.45) is 4.99 Å². The Balaban J connectivity index is 2.01. The predicted molar refractivity (Wildman–Crippen MR) is 124 cm³/mol. The molecule has 0 fully saturated rings. The van der Waals surface area contributed by atoms with E-state index in [0.29, 0.717) is 23.5 Å². The number of amides is 3. The third kappa shape index (κ3) is 5.28. The highest BCUT2D eigenvalue weighted by Crippen LogP contribution is 2.27. The van der Waals surface area contributed by atoms with E-state index >= 15 is 0 Å². The van der Waals surface area contributed by atoms with Gasteiger partial charge in [-0.1, -0.05) is 12.1 Å². The molecule has 0 spiro atoms. The minimum Gasteiger partial charge on any atom is -0.345 e. The van der Waals surface area contributed by atoms with Crippen molar-refractivity contribution in [1.29, 1.82) is 0 Å². The second-order valence-corrected chi connectivity index (χ2v) is 7.03. The van der Waals surface area contributed by atoms with Crippen LogP contribution in [0.2, 0.25) is 0 Å². The number of rotatable bonds is 5. The summed E-state index contributed by atoms with van der Waals surface area (Å²) in [6, 6.07) is 9.16. The Morgan fingerprint density at radius 1 is 1.16 bits per heavy atom. The Bertz CT molecular complexity index is 1120. The van der Waals surface area contributed by atoms with Gasteiger partial charge in [-0.3, -0.25) is 20.1 Å². The van der Waals surface area contributed by atoms with Gasteiger partial charge in [-0.05, 0) is 30.7 Å². The smallest absolute Gasteiger partial charge is 0.321 e. The van der Waals surface area contributed by atoms with E-state index in [0.717, 1.165) is 11.1 Å². The lowest BCUT2D eigenvalue weighted by atomic mass is 10.1. The van der Waals surface area contributed by atoms with Crippen molar-refractivity contribution in [2.75, 3.05) is 33.0 Å². The first-order valence-corrected chi connectivity index (χ1v) is 10.0. The van der Waals surface area contributed by atoms with E-state index < -0.39 is 0 Å². The molecule has 3 aromatic rings. The van der Waals surface area contributed by atoms with E-state index in [1.807, 2.05) is 37.3 Å². The number of benzene rings is 1. The van der Waals surface area contributed by atoms with E-state index in [1.54, 1.807) is 44.4 Å². The van der Waals surface area contributed by atoms with Gasteiger partial charge in [-0.15, -0.1) is 0 Å². The van der Waals surface area contributed by atoms with Gasteiger partial charge in [-0.2, -0.15) is 5.10 Å². The summed E-state index contributed by atoms with van der Waals surface area (Å²) in [5.41, 5.74) is 3.62. The number of anilines is 1. The topological polar surface area (TPSA) is 117 Å². The maximum absolute atomic E-state index is 12.3. The number of nitrogens with one attached hydrogen (secondary N) is 3. The summed E-state index contributed by atoms with van der Waals surface area (Å²) in [4.78, 5) is 34.1. The third-order valence-corrected chi connectivity index (χ3v) is 4.52. The molecule has 2 heterocycles. The first-order chi connectivity index (χ1) is 15.4. The first-order valence-electron chi connectivity index (χ1n) is 10.0. The number of carbonyl (C=O) groups is 2. The average molecular weight is 435 g/mol. The molecule has 2 aromatic heterocycles. The molecule has 10 heteroatoms. The van der Waals surface area contributed by atoms with Crippen molar-refractivity contribution in [3.8, 4) is 16.8 Å². The lowest BCUT2D eigenvalue weighted by Crippen LogP contribution is -2.42. The third-order valence-electron chi connectivity index (χ3n) is 4.52. The van der Waals surface area contributed by atoms with Crippen LogP contribution in [-0.4, -0.2) is 65.2 Å². The molecule has 32 heavy (non-hydrogen) atoms. The zero-order valence-electron chi connectivity index (χ0n) is 18.5. The molecule has 10 nitrogen and oxygen atoms in total. The second kappa shape index (κ2) is 10.2. The molecule has 0 saturated carbocycles. The molecular weight excluding hydrogens is 408 g/mol. The van der Waals surface area contributed by atoms with Gasteiger partial charge < -0.3 is 15.5 Å². The monoisotopic (exact) mass is 434 g/mol. The van der Waals surface area contributed by atoms with Crippen molar-refractivity contribution in [1.82, 2.24) is 30.3 Å². The Hall–Kier alpha value is -4.21. The molecule has 0 aliphatic heterocycles. The molecular formula is C22H26N8O2. The van der Waals surface area contributed by atoms with Crippen molar-refractivity contribution < 1.29 is 9.59 Å². The summed E-state index contributed by atoms with van der Waals surface area (Å²) in [5, 5.41) is 12.8. The average Bonchev–Trinajstić information content (AvgIpc) is 3.29. The number of pyridine rings is 1. The van der Waals surface area contributed by atoms with Crippen LogP contribution in [0.1, 0.15) is 17.3 Å². The summed E-state index contributed by atoms with van der Waals surface area (Å²) in [5.74, 6) is 0.117. The van der Waals surface area contributed by atoms with Crippen molar-refractivity contribution in [3.05, 3.63) is 60.7 Å². The van der Waals surface area contributed by atoms with Crippen LogP contribution in [0.15, 0.2) is 60.1 Å². The van der Waals surface area contributed by atoms with E-state index in [4.69, 9.17) is 0 Å². The Labute approximate surface area is 186 Å². The molecule has 0 bridgehead atoms. The van der Waals surface area contributed by atoms with Gasteiger partial charge in [0.2, 0.25) is 5.96 Å². The number of hydrogen-bond donors (Lipinski definition) is 3. The summed E-state index contributed by atoms with van der Waals surface area (Å²) >= 11 is 0. The summed E-state index contributed by atoms with van der Waals surface area (Å²) in [7, 11) is 4.94. The minimum atomic E-state index is -0.368. The number of urea groups is 1. The van der Waals surface area contributed by atoms with E-state index in [9.17, 15) is 9.59 Å². The van der Waals surface area contributed by atoms with E-state index in [2.05, 4.69) is 31.0 Å². The molecule has 166 valence electrons. The molecule has 0 unspecified atom stereocenters. The van der Waals surface area contributed by atoms with Crippen LogP contribution in [0.4, 0.5) is 10.5 Å². The number of hydrogen-bond acceptors (Lipinski definition) is 5. The highest BCUT2D eigenvalue weighted by atomic mass is 16.2. The lowest BCUT2D eigenvalue weighted by Gasteiger charge is -2.16. The second-order valence-electron chi connectivity index (χ2n) is 7.03. The van der Waals surface area contributed by atoms with E-state index in [1.165, 1.54) is 11.1 Å². The molecule has 3 N–H and O–H groups in total. The van der Waals surface area contributed by atoms with Crippen LogP contribution >= 0.6 is 0 Å². The molecule has 0 aliphatic carbocycles. The molecule has 0 radical (unpaired) electrons. The van der Waals surface area contributed by atoms with Crippen LogP contribution in [0, 0.1) is 0 Å². The normalized spacial score (nSPS) is 11.1. The fourth-order valence-corrected chi connectivity index (χ4v) is 2.95. The number of guanidine groups is 1. The molecule has 3 amide bonds. The molecule has 0 atom stereocenters. The fourth-order valence-electron chi connectivity index (χ4n) is 2.95. The van der Waals surface area contributed by atoms with Crippen molar-refractivity contribution >= 4 is 23.6 Å². The maximum atomic E-state index is 12.3. The number of aromatic nitrogens is 3. The van der Waals surface area contributed by atoms with Crippen molar-refractivity contribution in [3.63, 3.8) is 0 Å². The van der Waals surface area contributed by atoms with Crippen LogP contribution in [0.5, 0.6) is 0 Å². The van der Waals surface area contributed by atoms with Crippen LogP contribution in [-0.2, 0) is 0 Å². The highest BCUT2D eigenvalue weighted by molar-refractivity contribution is 6.04.